The minimum absolute atomic E-state index is 0. The third-order valence-corrected chi connectivity index (χ3v) is 1.82. The maximum absolute atomic E-state index is 12.3. The number of alkyl halides is 5. The van der Waals surface area contributed by atoms with Crippen molar-refractivity contribution in [3.05, 3.63) is 29.8 Å². The van der Waals surface area contributed by atoms with E-state index in [4.69, 9.17) is 5.73 Å². The van der Waals surface area contributed by atoms with E-state index in [2.05, 4.69) is 4.74 Å². The van der Waals surface area contributed by atoms with Crippen molar-refractivity contribution in [3.8, 4) is 5.75 Å². The Morgan fingerprint density at radius 2 is 1.65 bits per heavy atom. The molecule has 8 heteroatoms. The Bertz CT molecular complexity index is 357. The van der Waals surface area contributed by atoms with Gasteiger partial charge in [0, 0.05) is 5.56 Å². The number of benzene rings is 1. The van der Waals surface area contributed by atoms with E-state index in [9.17, 15) is 22.0 Å². The number of rotatable bonds is 3. The van der Waals surface area contributed by atoms with Crippen molar-refractivity contribution in [3.63, 3.8) is 0 Å². The summed E-state index contributed by atoms with van der Waals surface area (Å²) in [7, 11) is 0. The molecule has 0 saturated carbocycles. The minimum atomic E-state index is -4.71. The van der Waals surface area contributed by atoms with Gasteiger partial charge in [0.15, 0.2) is 0 Å². The third-order valence-electron chi connectivity index (χ3n) is 1.82. The van der Waals surface area contributed by atoms with E-state index in [1.165, 1.54) is 12.1 Å². The van der Waals surface area contributed by atoms with Gasteiger partial charge >= 0.3 is 12.8 Å². The van der Waals surface area contributed by atoms with Crippen molar-refractivity contribution in [2.75, 3.05) is 0 Å². The Morgan fingerprint density at radius 3 is 2.12 bits per heavy atom. The van der Waals surface area contributed by atoms with Crippen LogP contribution in [0.5, 0.6) is 5.75 Å². The molecule has 0 saturated heterocycles. The highest BCUT2D eigenvalue weighted by atomic mass is 35.5. The van der Waals surface area contributed by atoms with Crippen LogP contribution < -0.4 is 10.5 Å². The summed E-state index contributed by atoms with van der Waals surface area (Å²) >= 11 is 0. The van der Waals surface area contributed by atoms with E-state index >= 15 is 0 Å². The number of ether oxygens (including phenoxy) is 1. The molecule has 0 spiro atoms. The standard InChI is InChI=1S/C9H8F5NO.ClH/c10-8(11)16-6-4-2-1-3-5(6)7(15)9(12,13)14;/h1-4,7-8H,15H2;1H. The smallest absolute Gasteiger partial charge is 0.407 e. The van der Waals surface area contributed by atoms with Crippen LogP contribution in [0.1, 0.15) is 11.6 Å². The average molecular weight is 278 g/mol. The number of hydrogen-bond donors (Lipinski definition) is 1. The van der Waals surface area contributed by atoms with Crippen LogP contribution in [0.15, 0.2) is 24.3 Å². The monoisotopic (exact) mass is 277 g/mol. The lowest BCUT2D eigenvalue weighted by Gasteiger charge is -2.18. The summed E-state index contributed by atoms with van der Waals surface area (Å²) in [6, 6.07) is 2.20. The van der Waals surface area contributed by atoms with Gasteiger partial charge in [0.2, 0.25) is 0 Å². The molecule has 0 amide bonds. The molecule has 0 fully saturated rings. The molecule has 0 radical (unpaired) electrons. The van der Waals surface area contributed by atoms with Crippen molar-refractivity contribution < 1.29 is 26.7 Å². The highest BCUT2D eigenvalue weighted by Crippen LogP contribution is 2.35. The van der Waals surface area contributed by atoms with Crippen LogP contribution in [0.25, 0.3) is 0 Å². The topological polar surface area (TPSA) is 35.2 Å². The van der Waals surface area contributed by atoms with Crippen LogP contribution in [0, 0.1) is 0 Å². The van der Waals surface area contributed by atoms with Crippen LogP contribution in [0.4, 0.5) is 22.0 Å². The first-order valence-corrected chi connectivity index (χ1v) is 4.18. The third kappa shape index (κ3) is 4.35. The fourth-order valence-electron chi connectivity index (χ4n) is 1.12. The molecule has 0 heterocycles. The van der Waals surface area contributed by atoms with Gasteiger partial charge in [0.25, 0.3) is 0 Å². The second-order valence-corrected chi connectivity index (χ2v) is 2.94. The second-order valence-electron chi connectivity index (χ2n) is 2.94. The van der Waals surface area contributed by atoms with Crippen LogP contribution in [0.3, 0.4) is 0 Å². The second kappa shape index (κ2) is 6.02. The van der Waals surface area contributed by atoms with Crippen LogP contribution in [0.2, 0.25) is 0 Å². The molecule has 98 valence electrons. The molecular weight excluding hydrogens is 269 g/mol. The molecule has 1 unspecified atom stereocenters. The molecule has 1 rings (SSSR count). The van der Waals surface area contributed by atoms with Gasteiger partial charge in [-0.1, -0.05) is 18.2 Å². The van der Waals surface area contributed by atoms with Gasteiger partial charge in [-0.15, -0.1) is 12.4 Å². The van der Waals surface area contributed by atoms with Crippen LogP contribution in [-0.4, -0.2) is 12.8 Å². The van der Waals surface area contributed by atoms with Gasteiger partial charge < -0.3 is 10.5 Å². The summed E-state index contributed by atoms with van der Waals surface area (Å²) in [4.78, 5) is 0. The molecule has 1 aromatic rings. The molecular formula is C9H9ClF5NO. The van der Waals surface area contributed by atoms with E-state index in [0.29, 0.717) is 0 Å². The summed E-state index contributed by atoms with van der Waals surface area (Å²) in [5, 5.41) is 0. The Kier molecular flexibility index (Phi) is 5.63. The van der Waals surface area contributed by atoms with E-state index < -0.39 is 30.1 Å². The van der Waals surface area contributed by atoms with E-state index in [1.54, 1.807) is 0 Å². The van der Waals surface area contributed by atoms with Gasteiger partial charge in [-0.25, -0.2) is 0 Å². The maximum atomic E-state index is 12.3. The molecule has 0 aliphatic heterocycles. The molecule has 0 bridgehead atoms. The summed E-state index contributed by atoms with van der Waals surface area (Å²) in [5.41, 5.74) is 4.38. The zero-order chi connectivity index (χ0) is 12.3. The molecule has 0 aliphatic rings. The normalized spacial score (nSPS) is 13.1. The van der Waals surface area contributed by atoms with E-state index in [-0.39, 0.29) is 12.4 Å². The van der Waals surface area contributed by atoms with Crippen LogP contribution in [-0.2, 0) is 0 Å². The maximum Gasteiger partial charge on any atom is 0.407 e. The highest BCUT2D eigenvalue weighted by Gasteiger charge is 2.39. The van der Waals surface area contributed by atoms with Crippen molar-refractivity contribution in [1.29, 1.82) is 0 Å². The fourth-order valence-corrected chi connectivity index (χ4v) is 1.12. The van der Waals surface area contributed by atoms with Gasteiger partial charge in [-0.3, -0.25) is 0 Å². The zero-order valence-corrected chi connectivity index (χ0v) is 9.06. The van der Waals surface area contributed by atoms with Crippen molar-refractivity contribution in [2.45, 2.75) is 18.8 Å². The predicted molar refractivity (Wildman–Crippen MR) is 53.3 cm³/mol. The largest absolute Gasteiger partial charge is 0.434 e. The van der Waals surface area contributed by atoms with Crippen molar-refractivity contribution >= 4 is 12.4 Å². The number of halogens is 6. The van der Waals surface area contributed by atoms with Crippen LogP contribution >= 0.6 is 12.4 Å². The Balaban J connectivity index is 0.00000256. The number of nitrogens with two attached hydrogens (primary N) is 1. The molecule has 17 heavy (non-hydrogen) atoms. The summed E-state index contributed by atoms with van der Waals surface area (Å²) in [6.45, 7) is -3.19. The summed E-state index contributed by atoms with van der Waals surface area (Å²) in [5.74, 6) is -0.567. The minimum Gasteiger partial charge on any atom is -0.434 e. The lowest BCUT2D eigenvalue weighted by molar-refractivity contribution is -0.150. The first kappa shape index (κ1) is 15.9. The lowest BCUT2D eigenvalue weighted by Crippen LogP contribution is -2.29. The van der Waals surface area contributed by atoms with Gasteiger partial charge in [-0.05, 0) is 6.07 Å². The van der Waals surface area contributed by atoms with E-state index in [0.717, 1.165) is 12.1 Å². The average Bonchev–Trinajstić information content (AvgIpc) is 2.15. The quantitative estimate of drug-likeness (QED) is 0.861. The van der Waals surface area contributed by atoms with E-state index in [1.807, 2.05) is 0 Å². The van der Waals surface area contributed by atoms with Crippen molar-refractivity contribution in [1.82, 2.24) is 0 Å². The lowest BCUT2D eigenvalue weighted by atomic mass is 10.1. The molecule has 2 nitrogen and oxygen atoms in total. The number of hydrogen-bond acceptors (Lipinski definition) is 2. The summed E-state index contributed by atoms with van der Waals surface area (Å²) < 4.78 is 64.6. The molecule has 1 atom stereocenters. The predicted octanol–water partition coefficient (Wildman–Crippen LogP) is 3.27. The SMILES string of the molecule is Cl.NC(c1ccccc1OC(F)F)C(F)(F)F. The first-order chi connectivity index (χ1) is 7.32. The summed E-state index contributed by atoms with van der Waals surface area (Å²) in [6.07, 6.45) is -4.71. The van der Waals surface area contributed by atoms with Gasteiger partial charge in [0.1, 0.15) is 11.8 Å². The highest BCUT2D eigenvalue weighted by molar-refractivity contribution is 5.85. The molecule has 0 aromatic heterocycles. The Morgan fingerprint density at radius 1 is 1.12 bits per heavy atom. The van der Waals surface area contributed by atoms with Gasteiger partial charge in [-0.2, -0.15) is 22.0 Å². The number of para-hydroxylation sites is 1. The molecule has 1 aromatic carbocycles. The fraction of sp³-hybridized carbons (Fsp3) is 0.333. The van der Waals surface area contributed by atoms with Crippen molar-refractivity contribution in [2.24, 2.45) is 5.73 Å². The molecule has 0 aliphatic carbocycles. The molecule has 2 N–H and O–H groups in total. The Hall–Kier alpha value is -1.08. The Labute approximate surface area is 100.0 Å². The first-order valence-electron chi connectivity index (χ1n) is 4.18. The zero-order valence-electron chi connectivity index (χ0n) is 8.25. The van der Waals surface area contributed by atoms with Gasteiger partial charge in [0.05, 0.1) is 0 Å².